The molecule has 0 aliphatic heterocycles. The van der Waals surface area contributed by atoms with Crippen LogP contribution in [0.5, 0.6) is 0 Å². The Balaban J connectivity index is 1.68. The van der Waals surface area contributed by atoms with Gasteiger partial charge in [0.15, 0.2) is 0 Å². The lowest BCUT2D eigenvalue weighted by atomic mass is 9.86. The standard InChI is InChI=1S/C23H28N2O2/c1-17-10-8-9-15-20(17)24-22(26)16-21(18-11-4-2-5-12-18)25-23(27)19-13-6-3-7-14-19/h2-7,11-14,17,20-21H,8-10,15-16H2,1H3,(H,24,26)(H,25,27)/t17-,20-,21+/m1/s1. The second-order valence-corrected chi connectivity index (χ2v) is 7.44. The highest BCUT2D eigenvalue weighted by Crippen LogP contribution is 2.24. The van der Waals surface area contributed by atoms with Crippen molar-refractivity contribution < 1.29 is 9.59 Å². The van der Waals surface area contributed by atoms with Crippen LogP contribution >= 0.6 is 0 Å². The highest BCUT2D eigenvalue weighted by Gasteiger charge is 2.25. The topological polar surface area (TPSA) is 58.2 Å². The molecular weight excluding hydrogens is 336 g/mol. The van der Waals surface area contributed by atoms with Gasteiger partial charge in [0.05, 0.1) is 12.5 Å². The van der Waals surface area contributed by atoms with Crippen molar-refractivity contribution in [3.8, 4) is 0 Å². The molecule has 2 amide bonds. The first-order chi connectivity index (χ1) is 13.1. The van der Waals surface area contributed by atoms with E-state index < -0.39 is 0 Å². The van der Waals surface area contributed by atoms with Crippen LogP contribution in [-0.2, 0) is 4.79 Å². The quantitative estimate of drug-likeness (QED) is 0.805. The summed E-state index contributed by atoms with van der Waals surface area (Å²) in [7, 11) is 0. The fraction of sp³-hybridized carbons (Fsp3) is 0.391. The normalized spacial score (nSPS) is 20.5. The average molecular weight is 364 g/mol. The van der Waals surface area contributed by atoms with Crippen molar-refractivity contribution in [3.63, 3.8) is 0 Å². The van der Waals surface area contributed by atoms with Crippen LogP contribution in [0.15, 0.2) is 60.7 Å². The van der Waals surface area contributed by atoms with Gasteiger partial charge in [-0.25, -0.2) is 0 Å². The van der Waals surface area contributed by atoms with E-state index in [-0.39, 0.29) is 30.3 Å². The number of nitrogens with one attached hydrogen (secondary N) is 2. The van der Waals surface area contributed by atoms with Crippen LogP contribution in [0.25, 0.3) is 0 Å². The molecule has 0 radical (unpaired) electrons. The molecule has 1 aliphatic rings. The molecule has 0 unspecified atom stereocenters. The Morgan fingerprint density at radius 2 is 1.59 bits per heavy atom. The van der Waals surface area contributed by atoms with Crippen molar-refractivity contribution in [3.05, 3.63) is 71.8 Å². The zero-order chi connectivity index (χ0) is 19.1. The van der Waals surface area contributed by atoms with Crippen molar-refractivity contribution >= 4 is 11.8 Å². The van der Waals surface area contributed by atoms with Gasteiger partial charge in [-0.3, -0.25) is 9.59 Å². The maximum absolute atomic E-state index is 12.7. The maximum Gasteiger partial charge on any atom is 0.251 e. The van der Waals surface area contributed by atoms with Gasteiger partial charge in [0.2, 0.25) is 5.91 Å². The van der Waals surface area contributed by atoms with E-state index in [2.05, 4.69) is 17.6 Å². The van der Waals surface area contributed by atoms with Crippen molar-refractivity contribution in [2.45, 2.75) is 51.1 Å². The van der Waals surface area contributed by atoms with E-state index in [4.69, 9.17) is 0 Å². The Morgan fingerprint density at radius 3 is 2.26 bits per heavy atom. The van der Waals surface area contributed by atoms with Crippen LogP contribution in [-0.4, -0.2) is 17.9 Å². The summed E-state index contributed by atoms with van der Waals surface area (Å²) in [5.74, 6) is 0.344. The van der Waals surface area contributed by atoms with Crippen molar-refractivity contribution in [1.29, 1.82) is 0 Å². The molecule has 1 fully saturated rings. The number of amides is 2. The molecule has 3 atom stereocenters. The molecule has 0 spiro atoms. The number of carbonyl (C=O) groups is 2. The molecule has 1 saturated carbocycles. The second kappa shape index (κ2) is 9.36. The fourth-order valence-electron chi connectivity index (χ4n) is 3.75. The summed E-state index contributed by atoms with van der Waals surface area (Å²) in [6.07, 6.45) is 4.86. The molecule has 4 heteroatoms. The SMILES string of the molecule is C[C@@H]1CCCC[C@H]1NC(=O)C[C@H](NC(=O)c1ccccc1)c1ccccc1. The second-order valence-electron chi connectivity index (χ2n) is 7.44. The first kappa shape index (κ1) is 19.2. The highest BCUT2D eigenvalue weighted by molar-refractivity contribution is 5.94. The highest BCUT2D eigenvalue weighted by atomic mass is 16.2. The van der Waals surface area contributed by atoms with Gasteiger partial charge in [0, 0.05) is 11.6 Å². The Hall–Kier alpha value is -2.62. The van der Waals surface area contributed by atoms with Gasteiger partial charge in [-0.05, 0) is 36.5 Å². The molecule has 2 aromatic rings. The van der Waals surface area contributed by atoms with Gasteiger partial charge in [0.25, 0.3) is 5.91 Å². The van der Waals surface area contributed by atoms with Crippen LogP contribution in [0.4, 0.5) is 0 Å². The number of carbonyl (C=O) groups excluding carboxylic acids is 2. The molecular formula is C23H28N2O2. The third-order valence-electron chi connectivity index (χ3n) is 5.39. The van der Waals surface area contributed by atoms with Gasteiger partial charge < -0.3 is 10.6 Å². The summed E-state index contributed by atoms with van der Waals surface area (Å²) >= 11 is 0. The molecule has 142 valence electrons. The summed E-state index contributed by atoms with van der Waals surface area (Å²) in [5.41, 5.74) is 1.54. The lowest BCUT2D eigenvalue weighted by molar-refractivity contribution is -0.122. The van der Waals surface area contributed by atoms with E-state index >= 15 is 0 Å². The van der Waals surface area contributed by atoms with E-state index in [1.54, 1.807) is 12.1 Å². The van der Waals surface area contributed by atoms with Gasteiger partial charge in [-0.2, -0.15) is 0 Å². The smallest absolute Gasteiger partial charge is 0.251 e. The summed E-state index contributed by atoms with van der Waals surface area (Å²) in [4.78, 5) is 25.3. The minimum atomic E-state index is -0.349. The fourth-order valence-corrected chi connectivity index (χ4v) is 3.75. The minimum Gasteiger partial charge on any atom is -0.353 e. The van der Waals surface area contributed by atoms with E-state index in [1.165, 1.54) is 12.8 Å². The maximum atomic E-state index is 12.7. The van der Waals surface area contributed by atoms with E-state index in [0.717, 1.165) is 18.4 Å². The van der Waals surface area contributed by atoms with Gasteiger partial charge in [0.1, 0.15) is 0 Å². The van der Waals surface area contributed by atoms with Crippen LogP contribution in [0.3, 0.4) is 0 Å². The number of hydrogen-bond donors (Lipinski definition) is 2. The molecule has 0 saturated heterocycles. The number of hydrogen-bond acceptors (Lipinski definition) is 2. The molecule has 0 heterocycles. The Kier molecular flexibility index (Phi) is 6.64. The summed E-state index contributed by atoms with van der Waals surface area (Å²) in [5, 5.41) is 6.22. The molecule has 0 bridgehead atoms. The van der Waals surface area contributed by atoms with Gasteiger partial charge in [-0.15, -0.1) is 0 Å². The molecule has 1 aliphatic carbocycles. The zero-order valence-corrected chi connectivity index (χ0v) is 15.9. The molecule has 3 rings (SSSR count). The van der Waals surface area contributed by atoms with E-state index in [1.807, 2.05) is 48.5 Å². The van der Waals surface area contributed by atoms with Crippen molar-refractivity contribution in [2.75, 3.05) is 0 Å². The van der Waals surface area contributed by atoms with Crippen LogP contribution < -0.4 is 10.6 Å². The van der Waals surface area contributed by atoms with E-state index in [9.17, 15) is 9.59 Å². The van der Waals surface area contributed by atoms with Crippen LogP contribution in [0.1, 0.15) is 61.0 Å². The molecule has 0 aromatic heterocycles. The average Bonchev–Trinajstić information content (AvgIpc) is 2.70. The largest absolute Gasteiger partial charge is 0.353 e. The third-order valence-corrected chi connectivity index (χ3v) is 5.39. The minimum absolute atomic E-state index is 0.00374. The van der Waals surface area contributed by atoms with Gasteiger partial charge >= 0.3 is 0 Å². The Labute approximate surface area is 161 Å². The Morgan fingerprint density at radius 1 is 0.963 bits per heavy atom. The molecule has 2 N–H and O–H groups in total. The molecule has 4 nitrogen and oxygen atoms in total. The van der Waals surface area contributed by atoms with E-state index in [0.29, 0.717) is 11.5 Å². The zero-order valence-electron chi connectivity index (χ0n) is 15.9. The third kappa shape index (κ3) is 5.43. The summed E-state index contributed by atoms with van der Waals surface area (Å²) in [6.45, 7) is 2.20. The summed E-state index contributed by atoms with van der Waals surface area (Å²) in [6, 6.07) is 18.7. The number of rotatable bonds is 6. The number of benzene rings is 2. The predicted octanol–water partition coefficient (Wildman–Crippen LogP) is 4.24. The molecule has 2 aromatic carbocycles. The van der Waals surface area contributed by atoms with Gasteiger partial charge in [-0.1, -0.05) is 68.3 Å². The Bertz CT molecular complexity index is 745. The first-order valence-corrected chi connectivity index (χ1v) is 9.83. The monoisotopic (exact) mass is 364 g/mol. The lowest BCUT2D eigenvalue weighted by Gasteiger charge is -2.30. The first-order valence-electron chi connectivity index (χ1n) is 9.83. The van der Waals surface area contributed by atoms with Crippen LogP contribution in [0.2, 0.25) is 0 Å². The van der Waals surface area contributed by atoms with Crippen LogP contribution in [0, 0.1) is 5.92 Å². The molecule has 27 heavy (non-hydrogen) atoms. The van der Waals surface area contributed by atoms with Crippen molar-refractivity contribution in [1.82, 2.24) is 10.6 Å². The summed E-state index contributed by atoms with van der Waals surface area (Å²) < 4.78 is 0. The van der Waals surface area contributed by atoms with Crippen molar-refractivity contribution in [2.24, 2.45) is 5.92 Å². The predicted molar refractivity (Wildman–Crippen MR) is 107 cm³/mol. The lowest BCUT2D eigenvalue weighted by Crippen LogP contribution is -2.42.